The molecule has 0 radical (unpaired) electrons. The number of nitrogens with zero attached hydrogens (tertiary/aromatic N) is 2. The van der Waals surface area contributed by atoms with Crippen molar-refractivity contribution in [3.8, 4) is 0 Å². The van der Waals surface area contributed by atoms with Crippen LogP contribution in [0.25, 0.3) is 0 Å². The summed E-state index contributed by atoms with van der Waals surface area (Å²) in [5.74, 6) is 0. The summed E-state index contributed by atoms with van der Waals surface area (Å²) in [6.45, 7) is 0. The fourth-order valence-corrected chi connectivity index (χ4v) is 2.07. The lowest BCUT2D eigenvalue weighted by atomic mass is 10.3. The van der Waals surface area contributed by atoms with Gasteiger partial charge in [-0.3, -0.25) is 10.1 Å². The Kier molecular flexibility index (Phi) is 4.64. The lowest BCUT2D eigenvalue weighted by molar-refractivity contribution is -0.384. The molecule has 0 atom stereocenters. The number of nitrogens with one attached hydrogen (secondary N) is 1. The largest absolute Gasteiger partial charge is 0.351 e. The molecule has 17 heavy (non-hydrogen) atoms. The molecule has 1 N–H and O–H groups in total. The van der Waals surface area contributed by atoms with Gasteiger partial charge < -0.3 is 0 Å². The summed E-state index contributed by atoms with van der Waals surface area (Å²) < 4.78 is 0.515. The average molecular weight is 319 g/mol. The van der Waals surface area contributed by atoms with Crippen molar-refractivity contribution in [3.05, 3.63) is 32.3 Å². The van der Waals surface area contributed by atoms with Gasteiger partial charge in [0.25, 0.3) is 5.69 Å². The molecular formula is C7H3Cl4N3O3. The maximum atomic E-state index is 11.1. The zero-order valence-corrected chi connectivity index (χ0v) is 10.8. The summed E-state index contributed by atoms with van der Waals surface area (Å²) >= 11 is 22.1. The first-order chi connectivity index (χ1) is 7.88. The van der Waals surface area contributed by atoms with Gasteiger partial charge in [0.05, 0.1) is 15.0 Å². The molecule has 0 heterocycles. The lowest BCUT2D eigenvalue weighted by Gasteiger charge is -2.15. The number of hydrogen-bond acceptors (Lipinski definition) is 3. The molecule has 0 saturated heterocycles. The Morgan fingerprint density at radius 3 is 2.18 bits per heavy atom. The minimum atomic E-state index is -0.897. The molecule has 1 aromatic carbocycles. The van der Waals surface area contributed by atoms with E-state index in [4.69, 9.17) is 46.8 Å². The predicted octanol–water partition coefficient (Wildman–Crippen LogP) is 3.73. The average Bonchev–Trinajstić information content (AvgIpc) is 2.26. The number of anilines is 1. The van der Waals surface area contributed by atoms with E-state index in [1.165, 1.54) is 0 Å². The maximum absolute atomic E-state index is 11.1. The predicted molar refractivity (Wildman–Crippen MR) is 65.8 cm³/mol. The van der Waals surface area contributed by atoms with Crippen LogP contribution in [-0.2, 0) is 0 Å². The van der Waals surface area contributed by atoms with Gasteiger partial charge in [0, 0.05) is 35.7 Å². The van der Waals surface area contributed by atoms with Crippen molar-refractivity contribution in [2.45, 2.75) is 0 Å². The molecule has 10 heteroatoms. The SMILES string of the molecule is O=C(NCl)N(Cl)c1c(Cl)cc([N+](=O)[O-])cc1Cl. The highest BCUT2D eigenvalue weighted by Crippen LogP contribution is 2.38. The van der Waals surface area contributed by atoms with E-state index in [-0.39, 0.29) is 21.4 Å². The molecule has 0 aliphatic rings. The number of carbonyl (C=O) groups excluding carboxylic acids is 1. The van der Waals surface area contributed by atoms with Gasteiger partial charge in [0.2, 0.25) is 0 Å². The minimum Gasteiger partial charge on any atom is -0.258 e. The van der Waals surface area contributed by atoms with Crippen molar-refractivity contribution in [2.24, 2.45) is 0 Å². The number of nitro groups is 1. The van der Waals surface area contributed by atoms with Crippen LogP contribution in [0.3, 0.4) is 0 Å². The first-order valence-electron chi connectivity index (χ1n) is 3.88. The molecule has 0 aromatic heterocycles. The van der Waals surface area contributed by atoms with Crippen molar-refractivity contribution in [1.29, 1.82) is 0 Å². The molecule has 92 valence electrons. The van der Waals surface area contributed by atoms with Gasteiger partial charge in [-0.25, -0.2) is 9.63 Å². The molecule has 0 saturated carbocycles. The van der Waals surface area contributed by atoms with Gasteiger partial charge in [-0.05, 0) is 0 Å². The topological polar surface area (TPSA) is 75.5 Å². The summed E-state index contributed by atoms with van der Waals surface area (Å²) in [6.07, 6.45) is 0. The zero-order chi connectivity index (χ0) is 13.2. The summed E-state index contributed by atoms with van der Waals surface area (Å²) in [5, 5.41) is 10.2. The molecule has 1 aromatic rings. The number of halogens is 4. The Hall–Kier alpha value is -0.950. The second-order valence-corrected chi connectivity index (χ2v) is 4.04. The first-order valence-corrected chi connectivity index (χ1v) is 5.35. The Balaban J connectivity index is 3.27. The van der Waals surface area contributed by atoms with E-state index in [0.29, 0.717) is 4.42 Å². The van der Waals surface area contributed by atoms with Crippen LogP contribution >= 0.6 is 46.8 Å². The molecule has 2 amide bonds. The molecule has 6 nitrogen and oxygen atoms in total. The molecule has 0 unspecified atom stereocenters. The minimum absolute atomic E-state index is 0.0984. The number of rotatable bonds is 2. The van der Waals surface area contributed by atoms with Crippen LogP contribution in [0.5, 0.6) is 0 Å². The second kappa shape index (κ2) is 5.59. The zero-order valence-electron chi connectivity index (χ0n) is 7.79. The molecule has 0 bridgehead atoms. The smallest absolute Gasteiger partial charge is 0.258 e. The third kappa shape index (κ3) is 3.04. The van der Waals surface area contributed by atoms with Gasteiger partial charge in [0.1, 0.15) is 5.69 Å². The number of hydrogen-bond donors (Lipinski definition) is 1. The van der Waals surface area contributed by atoms with Crippen LogP contribution in [-0.4, -0.2) is 11.0 Å². The van der Waals surface area contributed by atoms with Crippen molar-refractivity contribution in [3.63, 3.8) is 0 Å². The van der Waals surface area contributed by atoms with E-state index in [1.807, 2.05) is 0 Å². The maximum Gasteiger partial charge on any atom is 0.351 e. The normalized spacial score (nSPS) is 9.88. The molecule has 0 fully saturated rings. The number of benzene rings is 1. The number of urea groups is 1. The van der Waals surface area contributed by atoms with E-state index in [9.17, 15) is 14.9 Å². The lowest BCUT2D eigenvalue weighted by Crippen LogP contribution is -2.28. The molecule has 0 aliphatic carbocycles. The molecular weight excluding hydrogens is 316 g/mol. The quantitative estimate of drug-likeness (QED) is 0.513. The van der Waals surface area contributed by atoms with Crippen LogP contribution in [0.4, 0.5) is 16.2 Å². The highest BCUT2D eigenvalue weighted by atomic mass is 35.5. The molecule has 0 aliphatic heterocycles. The van der Waals surface area contributed by atoms with Gasteiger partial charge >= 0.3 is 6.03 Å². The second-order valence-electron chi connectivity index (χ2n) is 2.70. The summed E-state index contributed by atoms with van der Waals surface area (Å²) in [5.41, 5.74) is -0.418. The fourth-order valence-electron chi connectivity index (χ4n) is 0.984. The van der Waals surface area contributed by atoms with Crippen LogP contribution < -0.4 is 9.25 Å². The summed E-state index contributed by atoms with van der Waals surface area (Å²) in [4.78, 5) is 22.7. The van der Waals surface area contributed by atoms with Crippen molar-refractivity contribution >= 4 is 64.2 Å². The van der Waals surface area contributed by atoms with E-state index in [2.05, 4.69) is 0 Å². The van der Waals surface area contributed by atoms with Gasteiger partial charge in [0.15, 0.2) is 0 Å². The van der Waals surface area contributed by atoms with Crippen molar-refractivity contribution in [1.82, 2.24) is 4.84 Å². The molecule has 0 spiro atoms. The third-order valence-corrected chi connectivity index (χ3v) is 2.73. The van der Waals surface area contributed by atoms with Crippen LogP contribution in [0.2, 0.25) is 10.0 Å². The Morgan fingerprint density at radius 2 is 1.82 bits per heavy atom. The van der Waals surface area contributed by atoms with Crippen molar-refractivity contribution in [2.75, 3.05) is 4.42 Å². The number of carbonyl (C=O) groups is 1. The van der Waals surface area contributed by atoms with Gasteiger partial charge in [-0.15, -0.1) is 0 Å². The van der Waals surface area contributed by atoms with E-state index >= 15 is 0 Å². The Morgan fingerprint density at radius 1 is 1.35 bits per heavy atom. The summed E-state index contributed by atoms with van der Waals surface area (Å²) in [6, 6.07) is 1.13. The first kappa shape index (κ1) is 14.1. The van der Waals surface area contributed by atoms with Crippen LogP contribution in [0.15, 0.2) is 12.1 Å². The standard InChI is InChI=1S/C7H3Cl4N3O3/c8-4-1-3(14(16)17)2-5(9)6(4)13(11)7(15)12-10/h1-2H,(H,12,15). The van der Waals surface area contributed by atoms with Gasteiger partial charge in [-0.1, -0.05) is 23.2 Å². The number of non-ortho nitro benzene ring substituents is 1. The highest BCUT2D eigenvalue weighted by molar-refractivity contribution is 6.47. The third-order valence-electron chi connectivity index (χ3n) is 1.67. The van der Waals surface area contributed by atoms with Gasteiger partial charge in [-0.2, -0.15) is 4.42 Å². The van der Waals surface area contributed by atoms with Crippen LogP contribution in [0.1, 0.15) is 0 Å². The number of nitro benzene ring substituents is 1. The summed E-state index contributed by atoms with van der Waals surface area (Å²) in [7, 11) is 0. The van der Waals surface area contributed by atoms with Crippen LogP contribution in [0, 0.1) is 10.1 Å². The van der Waals surface area contributed by atoms with E-state index < -0.39 is 11.0 Å². The highest BCUT2D eigenvalue weighted by Gasteiger charge is 2.22. The Labute approximate surface area is 115 Å². The van der Waals surface area contributed by atoms with E-state index in [0.717, 1.165) is 12.1 Å². The number of amides is 2. The molecule has 1 rings (SSSR count). The van der Waals surface area contributed by atoms with Crippen molar-refractivity contribution < 1.29 is 9.72 Å². The van der Waals surface area contributed by atoms with E-state index in [1.54, 1.807) is 4.84 Å². The monoisotopic (exact) mass is 317 g/mol. The fraction of sp³-hybridized carbons (Fsp3) is 0. The Bertz CT molecular complexity index is 458.